The molecule has 0 saturated heterocycles. The molecule has 0 amide bonds. The van der Waals surface area contributed by atoms with E-state index >= 15 is 0 Å². The van der Waals surface area contributed by atoms with Crippen LogP contribution in [0.3, 0.4) is 0 Å². The van der Waals surface area contributed by atoms with E-state index in [0.29, 0.717) is 6.42 Å². The fraction of sp³-hybridized carbons (Fsp3) is 0.412. The SMILES string of the molecule is C=C(O)CC(C)NC(=C)NC(C)(C)c1ccc(C)cc1. The fourth-order valence-electron chi connectivity index (χ4n) is 2.16. The second kappa shape index (κ2) is 6.51. The highest BCUT2D eigenvalue weighted by Gasteiger charge is 2.20. The number of hydrogen-bond donors (Lipinski definition) is 3. The van der Waals surface area contributed by atoms with E-state index in [2.05, 4.69) is 68.8 Å². The van der Waals surface area contributed by atoms with Crippen LogP contribution in [0.25, 0.3) is 0 Å². The molecule has 1 aromatic carbocycles. The van der Waals surface area contributed by atoms with Crippen molar-refractivity contribution >= 4 is 0 Å². The highest BCUT2D eigenvalue weighted by Crippen LogP contribution is 2.21. The van der Waals surface area contributed by atoms with Crippen molar-refractivity contribution in [2.24, 2.45) is 0 Å². The Morgan fingerprint density at radius 2 is 1.80 bits per heavy atom. The van der Waals surface area contributed by atoms with Crippen LogP contribution in [0.5, 0.6) is 0 Å². The molecule has 1 atom stereocenters. The Kier molecular flexibility index (Phi) is 5.26. The van der Waals surface area contributed by atoms with Gasteiger partial charge in [0.2, 0.25) is 0 Å². The van der Waals surface area contributed by atoms with Crippen LogP contribution in [0.2, 0.25) is 0 Å². The van der Waals surface area contributed by atoms with Crippen LogP contribution < -0.4 is 10.6 Å². The summed E-state index contributed by atoms with van der Waals surface area (Å²) < 4.78 is 0. The van der Waals surface area contributed by atoms with Crippen LogP contribution in [-0.2, 0) is 5.54 Å². The molecular formula is C17H26N2O. The van der Waals surface area contributed by atoms with Gasteiger partial charge in [0.1, 0.15) is 0 Å². The van der Waals surface area contributed by atoms with Gasteiger partial charge in [0.25, 0.3) is 0 Å². The van der Waals surface area contributed by atoms with Crippen molar-refractivity contribution in [1.29, 1.82) is 0 Å². The van der Waals surface area contributed by atoms with E-state index in [1.54, 1.807) is 0 Å². The van der Waals surface area contributed by atoms with Gasteiger partial charge in [-0.05, 0) is 33.3 Å². The first-order chi connectivity index (χ1) is 9.20. The molecule has 0 heterocycles. The van der Waals surface area contributed by atoms with E-state index in [9.17, 15) is 5.11 Å². The smallest absolute Gasteiger partial charge is 0.0921 e. The molecule has 1 rings (SSSR count). The average Bonchev–Trinajstić information content (AvgIpc) is 2.26. The van der Waals surface area contributed by atoms with Crippen molar-refractivity contribution in [2.75, 3.05) is 0 Å². The molecule has 0 fully saturated rings. The molecule has 0 aliphatic rings. The van der Waals surface area contributed by atoms with Crippen molar-refractivity contribution in [3.63, 3.8) is 0 Å². The van der Waals surface area contributed by atoms with Gasteiger partial charge in [0, 0.05) is 12.5 Å². The summed E-state index contributed by atoms with van der Waals surface area (Å²) >= 11 is 0. The first-order valence-electron chi connectivity index (χ1n) is 6.88. The minimum Gasteiger partial charge on any atom is -0.513 e. The van der Waals surface area contributed by atoms with Crippen LogP contribution in [0.4, 0.5) is 0 Å². The third-order valence-corrected chi connectivity index (χ3v) is 3.20. The number of rotatable bonds is 7. The minimum absolute atomic E-state index is 0.0846. The Morgan fingerprint density at radius 3 is 2.30 bits per heavy atom. The number of aliphatic hydroxyl groups is 1. The molecule has 110 valence electrons. The van der Waals surface area contributed by atoms with Crippen LogP contribution in [0.1, 0.15) is 38.3 Å². The molecule has 0 aliphatic carbocycles. The van der Waals surface area contributed by atoms with Gasteiger partial charge in [-0.3, -0.25) is 0 Å². The highest BCUT2D eigenvalue weighted by molar-refractivity contribution is 5.27. The van der Waals surface area contributed by atoms with E-state index in [1.165, 1.54) is 11.1 Å². The Hall–Kier alpha value is -1.90. The number of nitrogens with one attached hydrogen (secondary N) is 2. The predicted molar refractivity (Wildman–Crippen MR) is 85.5 cm³/mol. The quantitative estimate of drug-likeness (QED) is 0.664. The summed E-state index contributed by atoms with van der Waals surface area (Å²) in [7, 11) is 0. The molecule has 0 bridgehead atoms. The topological polar surface area (TPSA) is 44.3 Å². The molecule has 0 radical (unpaired) electrons. The zero-order valence-corrected chi connectivity index (χ0v) is 13.0. The maximum absolute atomic E-state index is 9.19. The maximum atomic E-state index is 9.19. The summed E-state index contributed by atoms with van der Waals surface area (Å²) in [5, 5.41) is 15.8. The summed E-state index contributed by atoms with van der Waals surface area (Å²) in [5.74, 6) is 0.917. The summed E-state index contributed by atoms with van der Waals surface area (Å²) in [6.45, 7) is 15.8. The molecule has 1 unspecified atom stereocenters. The predicted octanol–water partition coefficient (Wildman–Crippen LogP) is 3.73. The van der Waals surface area contributed by atoms with E-state index in [4.69, 9.17) is 0 Å². The maximum Gasteiger partial charge on any atom is 0.0921 e. The van der Waals surface area contributed by atoms with Crippen LogP contribution >= 0.6 is 0 Å². The fourth-order valence-corrected chi connectivity index (χ4v) is 2.16. The van der Waals surface area contributed by atoms with Gasteiger partial charge in [0.15, 0.2) is 0 Å². The van der Waals surface area contributed by atoms with Crippen molar-refractivity contribution < 1.29 is 5.11 Å². The van der Waals surface area contributed by atoms with Gasteiger partial charge in [0.05, 0.1) is 17.1 Å². The standard InChI is InChI=1S/C17H26N2O/c1-12-7-9-16(10-8-12)17(5,6)19-15(4)18-13(2)11-14(3)20/h7-10,13,18-20H,3-4,11H2,1-2,5-6H3. The van der Waals surface area contributed by atoms with Crippen LogP contribution in [0.15, 0.2) is 49.0 Å². The molecule has 20 heavy (non-hydrogen) atoms. The third kappa shape index (κ3) is 5.00. The molecule has 0 saturated carbocycles. The summed E-state index contributed by atoms with van der Waals surface area (Å²) in [6, 6.07) is 8.53. The average molecular weight is 274 g/mol. The lowest BCUT2D eigenvalue weighted by molar-refractivity contribution is 0.362. The number of aryl methyl sites for hydroxylation is 1. The first-order valence-corrected chi connectivity index (χ1v) is 6.88. The summed E-state index contributed by atoms with van der Waals surface area (Å²) in [4.78, 5) is 0. The molecule has 1 aromatic rings. The van der Waals surface area contributed by atoms with E-state index in [0.717, 1.165) is 5.82 Å². The van der Waals surface area contributed by atoms with Gasteiger partial charge < -0.3 is 15.7 Å². The highest BCUT2D eigenvalue weighted by atomic mass is 16.3. The molecular weight excluding hydrogens is 248 g/mol. The van der Waals surface area contributed by atoms with Gasteiger partial charge in [-0.2, -0.15) is 0 Å². The Bertz CT molecular complexity index is 474. The Morgan fingerprint density at radius 1 is 1.25 bits per heavy atom. The van der Waals surface area contributed by atoms with E-state index in [1.807, 2.05) is 6.92 Å². The lowest BCUT2D eigenvalue weighted by Crippen LogP contribution is -2.42. The second-order valence-corrected chi connectivity index (χ2v) is 5.91. The Balaban J connectivity index is 2.63. The summed E-state index contributed by atoms with van der Waals surface area (Å²) in [6.07, 6.45) is 0.506. The van der Waals surface area contributed by atoms with Crippen molar-refractivity contribution in [2.45, 2.75) is 45.7 Å². The van der Waals surface area contributed by atoms with Gasteiger partial charge in [-0.25, -0.2) is 0 Å². The number of aliphatic hydroxyl groups excluding tert-OH is 1. The van der Waals surface area contributed by atoms with Gasteiger partial charge in [-0.15, -0.1) is 0 Å². The van der Waals surface area contributed by atoms with Crippen molar-refractivity contribution in [3.05, 3.63) is 60.1 Å². The van der Waals surface area contributed by atoms with Gasteiger partial charge in [-0.1, -0.05) is 43.0 Å². The molecule has 0 aliphatic heterocycles. The molecule has 0 aromatic heterocycles. The second-order valence-electron chi connectivity index (χ2n) is 5.91. The number of hydrogen-bond acceptors (Lipinski definition) is 3. The van der Waals surface area contributed by atoms with Crippen molar-refractivity contribution in [3.8, 4) is 0 Å². The Labute approximate surface area is 122 Å². The minimum atomic E-state index is -0.215. The van der Waals surface area contributed by atoms with E-state index in [-0.39, 0.29) is 17.3 Å². The summed E-state index contributed by atoms with van der Waals surface area (Å²) in [5.41, 5.74) is 2.23. The van der Waals surface area contributed by atoms with Gasteiger partial charge >= 0.3 is 0 Å². The van der Waals surface area contributed by atoms with Crippen LogP contribution in [-0.4, -0.2) is 11.1 Å². The third-order valence-electron chi connectivity index (χ3n) is 3.20. The number of benzene rings is 1. The monoisotopic (exact) mass is 274 g/mol. The zero-order chi connectivity index (χ0) is 15.3. The molecule has 3 nitrogen and oxygen atoms in total. The van der Waals surface area contributed by atoms with Crippen LogP contribution in [0, 0.1) is 6.92 Å². The van der Waals surface area contributed by atoms with Crippen molar-refractivity contribution in [1.82, 2.24) is 10.6 Å². The zero-order valence-electron chi connectivity index (χ0n) is 13.0. The first kappa shape index (κ1) is 16.2. The lowest BCUT2D eigenvalue weighted by atomic mass is 9.93. The largest absolute Gasteiger partial charge is 0.513 e. The molecule has 3 N–H and O–H groups in total. The normalized spacial score (nSPS) is 12.6. The molecule has 0 spiro atoms. The van der Waals surface area contributed by atoms with E-state index < -0.39 is 0 Å². The molecule has 3 heteroatoms. The lowest BCUT2D eigenvalue weighted by Gasteiger charge is -2.31.